The molecule has 1 fully saturated rings. The quantitative estimate of drug-likeness (QED) is 0.759. The molecule has 0 radical (unpaired) electrons. The van der Waals surface area contributed by atoms with Crippen molar-refractivity contribution in [2.45, 2.75) is 71.0 Å². The molecule has 94 valence electrons. The smallest absolute Gasteiger partial charge is 0.332 e. The van der Waals surface area contributed by atoms with E-state index >= 15 is 0 Å². The van der Waals surface area contributed by atoms with E-state index in [1.54, 1.807) is 0 Å². The number of rotatable bonds is 6. The summed E-state index contributed by atoms with van der Waals surface area (Å²) in [7, 11) is 0. The van der Waals surface area contributed by atoms with Gasteiger partial charge < -0.3 is 9.84 Å². The third-order valence-corrected chi connectivity index (χ3v) is 3.34. The Morgan fingerprint density at radius 3 is 2.81 bits per heavy atom. The summed E-state index contributed by atoms with van der Waals surface area (Å²) in [4.78, 5) is 11.0. The van der Waals surface area contributed by atoms with Gasteiger partial charge in [0.05, 0.1) is 6.10 Å². The van der Waals surface area contributed by atoms with Crippen LogP contribution in [0, 0.1) is 5.92 Å². The summed E-state index contributed by atoms with van der Waals surface area (Å²) in [6.07, 6.45) is 6.66. The van der Waals surface area contributed by atoms with E-state index in [1.807, 2.05) is 0 Å². The zero-order valence-corrected chi connectivity index (χ0v) is 10.4. The summed E-state index contributed by atoms with van der Waals surface area (Å²) in [5.41, 5.74) is 0. The first kappa shape index (κ1) is 13.5. The van der Waals surface area contributed by atoms with Crippen LogP contribution >= 0.6 is 0 Å². The van der Waals surface area contributed by atoms with Crippen LogP contribution in [0.25, 0.3) is 0 Å². The molecule has 3 heteroatoms. The van der Waals surface area contributed by atoms with E-state index in [9.17, 15) is 4.79 Å². The van der Waals surface area contributed by atoms with E-state index in [4.69, 9.17) is 9.84 Å². The molecule has 0 heterocycles. The van der Waals surface area contributed by atoms with E-state index in [-0.39, 0.29) is 6.10 Å². The van der Waals surface area contributed by atoms with Gasteiger partial charge in [-0.15, -0.1) is 0 Å². The molecule has 1 rings (SSSR count). The third kappa shape index (κ3) is 4.52. The second-order valence-electron chi connectivity index (χ2n) is 5.00. The first-order chi connectivity index (χ1) is 7.63. The highest BCUT2D eigenvalue weighted by Crippen LogP contribution is 2.27. The molecule has 0 aromatic rings. The normalized spacial score (nSPS) is 27.6. The number of aliphatic carboxylic acids is 1. The summed E-state index contributed by atoms with van der Waals surface area (Å²) in [6, 6.07) is 0. The van der Waals surface area contributed by atoms with Crippen LogP contribution < -0.4 is 0 Å². The Bertz CT molecular complexity index is 215. The Morgan fingerprint density at radius 1 is 1.50 bits per heavy atom. The van der Waals surface area contributed by atoms with Crippen LogP contribution in [-0.4, -0.2) is 23.3 Å². The molecule has 3 unspecified atom stereocenters. The average molecular weight is 228 g/mol. The Kier molecular flexibility index (Phi) is 5.81. The molecular formula is C13H24O3. The van der Waals surface area contributed by atoms with E-state index in [0.717, 1.165) is 25.7 Å². The predicted octanol–water partition coefficient (Wildman–Crippen LogP) is 3.23. The van der Waals surface area contributed by atoms with Gasteiger partial charge in [-0.1, -0.05) is 39.5 Å². The maximum Gasteiger partial charge on any atom is 0.332 e. The topological polar surface area (TPSA) is 46.5 Å². The van der Waals surface area contributed by atoms with Crippen LogP contribution in [-0.2, 0) is 9.53 Å². The van der Waals surface area contributed by atoms with Crippen molar-refractivity contribution in [1.29, 1.82) is 0 Å². The standard InChI is InChI=1S/C13H24O3/c1-3-4-8-12(13(14)15)16-11-7-5-6-10(2)9-11/h10-12H,3-9H2,1-2H3,(H,14,15). The fourth-order valence-corrected chi connectivity index (χ4v) is 2.37. The molecule has 0 bridgehead atoms. The fraction of sp³-hybridized carbons (Fsp3) is 0.923. The van der Waals surface area contributed by atoms with Crippen LogP contribution in [0.3, 0.4) is 0 Å². The van der Waals surface area contributed by atoms with Crippen LogP contribution in [0.4, 0.5) is 0 Å². The third-order valence-electron chi connectivity index (χ3n) is 3.34. The molecule has 16 heavy (non-hydrogen) atoms. The molecule has 0 spiro atoms. The van der Waals surface area contributed by atoms with Gasteiger partial charge in [-0.25, -0.2) is 4.79 Å². The van der Waals surface area contributed by atoms with Crippen LogP contribution in [0.2, 0.25) is 0 Å². The van der Waals surface area contributed by atoms with E-state index < -0.39 is 12.1 Å². The highest BCUT2D eigenvalue weighted by atomic mass is 16.5. The summed E-state index contributed by atoms with van der Waals surface area (Å²) in [5, 5.41) is 9.07. The van der Waals surface area contributed by atoms with Gasteiger partial charge in [0, 0.05) is 0 Å². The lowest BCUT2D eigenvalue weighted by Gasteiger charge is -2.29. The molecular weight excluding hydrogens is 204 g/mol. The summed E-state index contributed by atoms with van der Waals surface area (Å²) >= 11 is 0. The van der Waals surface area contributed by atoms with E-state index in [0.29, 0.717) is 12.3 Å². The molecule has 0 aliphatic heterocycles. The predicted molar refractivity (Wildman–Crippen MR) is 63.5 cm³/mol. The minimum Gasteiger partial charge on any atom is -0.479 e. The largest absolute Gasteiger partial charge is 0.479 e. The monoisotopic (exact) mass is 228 g/mol. The highest BCUT2D eigenvalue weighted by molar-refractivity contribution is 5.72. The highest BCUT2D eigenvalue weighted by Gasteiger charge is 2.25. The molecule has 1 aliphatic carbocycles. The van der Waals surface area contributed by atoms with Crippen molar-refractivity contribution in [1.82, 2.24) is 0 Å². The first-order valence-electron chi connectivity index (χ1n) is 6.51. The lowest BCUT2D eigenvalue weighted by Crippen LogP contribution is -2.32. The maximum atomic E-state index is 11.0. The van der Waals surface area contributed by atoms with Gasteiger partial charge in [0.2, 0.25) is 0 Å². The van der Waals surface area contributed by atoms with Gasteiger partial charge in [-0.3, -0.25) is 0 Å². The van der Waals surface area contributed by atoms with Gasteiger partial charge in [0.15, 0.2) is 6.10 Å². The number of ether oxygens (including phenoxy) is 1. The van der Waals surface area contributed by atoms with Gasteiger partial charge in [-0.05, 0) is 25.2 Å². The lowest BCUT2D eigenvalue weighted by atomic mass is 9.88. The van der Waals surface area contributed by atoms with Gasteiger partial charge in [0.25, 0.3) is 0 Å². The molecule has 1 saturated carbocycles. The van der Waals surface area contributed by atoms with Crippen LogP contribution in [0.5, 0.6) is 0 Å². The van der Waals surface area contributed by atoms with Crippen molar-refractivity contribution < 1.29 is 14.6 Å². The number of hydrogen-bond donors (Lipinski definition) is 1. The molecule has 1 N–H and O–H groups in total. The maximum absolute atomic E-state index is 11.0. The molecule has 1 aliphatic rings. The zero-order valence-electron chi connectivity index (χ0n) is 10.4. The Labute approximate surface area is 98.2 Å². The number of carboxylic acid groups (broad SMARTS) is 1. The fourth-order valence-electron chi connectivity index (χ4n) is 2.37. The van der Waals surface area contributed by atoms with Crippen LogP contribution in [0.15, 0.2) is 0 Å². The minimum atomic E-state index is -0.799. The van der Waals surface area contributed by atoms with Gasteiger partial charge in [0.1, 0.15) is 0 Å². The Hall–Kier alpha value is -0.570. The van der Waals surface area contributed by atoms with Gasteiger partial charge in [-0.2, -0.15) is 0 Å². The summed E-state index contributed by atoms with van der Waals surface area (Å²) < 4.78 is 5.73. The molecule has 0 aromatic heterocycles. The number of carboxylic acids is 1. The molecule has 0 aromatic carbocycles. The number of carbonyl (C=O) groups is 1. The summed E-state index contributed by atoms with van der Waals surface area (Å²) in [6.45, 7) is 4.29. The van der Waals surface area contributed by atoms with Crippen molar-refractivity contribution in [3.8, 4) is 0 Å². The Balaban J connectivity index is 2.37. The Morgan fingerprint density at radius 2 is 2.25 bits per heavy atom. The van der Waals surface area contributed by atoms with Gasteiger partial charge >= 0.3 is 5.97 Å². The van der Waals surface area contributed by atoms with E-state index in [2.05, 4.69) is 13.8 Å². The minimum absolute atomic E-state index is 0.168. The number of hydrogen-bond acceptors (Lipinski definition) is 2. The molecule has 0 amide bonds. The van der Waals surface area contributed by atoms with Crippen LogP contribution in [0.1, 0.15) is 58.8 Å². The van der Waals surface area contributed by atoms with Crippen molar-refractivity contribution in [2.75, 3.05) is 0 Å². The van der Waals surface area contributed by atoms with Crippen molar-refractivity contribution in [2.24, 2.45) is 5.92 Å². The number of unbranched alkanes of at least 4 members (excludes halogenated alkanes) is 1. The zero-order chi connectivity index (χ0) is 12.0. The van der Waals surface area contributed by atoms with Crippen molar-refractivity contribution in [3.05, 3.63) is 0 Å². The lowest BCUT2D eigenvalue weighted by molar-refractivity contribution is -0.156. The van der Waals surface area contributed by atoms with Crippen molar-refractivity contribution >= 4 is 5.97 Å². The second-order valence-corrected chi connectivity index (χ2v) is 5.00. The average Bonchev–Trinajstić information content (AvgIpc) is 2.24. The molecule has 3 nitrogen and oxygen atoms in total. The molecule has 0 saturated heterocycles. The van der Waals surface area contributed by atoms with E-state index in [1.165, 1.54) is 12.8 Å². The van der Waals surface area contributed by atoms with Crippen molar-refractivity contribution in [3.63, 3.8) is 0 Å². The SMILES string of the molecule is CCCCC(OC1CCCC(C)C1)C(=O)O. The first-order valence-corrected chi connectivity index (χ1v) is 6.51. The second kappa shape index (κ2) is 6.89. The molecule has 3 atom stereocenters. The summed E-state index contributed by atoms with van der Waals surface area (Å²) in [5.74, 6) is -0.119.